The van der Waals surface area contributed by atoms with Gasteiger partial charge >= 0.3 is 6.18 Å². The monoisotopic (exact) mass is 277 g/mol. The van der Waals surface area contributed by atoms with Crippen molar-refractivity contribution in [1.82, 2.24) is 5.32 Å². The minimum Gasteiger partial charge on any atom is -0.497 e. The SMILES string of the molecule is COc1ccc([C@H](NC(=O)[C@@H](C)O)C(F)(F)F)cc1. The molecular weight excluding hydrogens is 263 g/mol. The molecule has 2 N–H and O–H groups in total. The van der Waals surface area contributed by atoms with Gasteiger partial charge in [-0.25, -0.2) is 0 Å². The molecule has 0 heterocycles. The Morgan fingerprint density at radius 1 is 1.32 bits per heavy atom. The van der Waals surface area contributed by atoms with Crippen LogP contribution >= 0.6 is 0 Å². The number of nitrogens with one attached hydrogen (secondary N) is 1. The zero-order valence-electron chi connectivity index (χ0n) is 10.4. The second-order valence-electron chi connectivity index (χ2n) is 3.93. The lowest BCUT2D eigenvalue weighted by atomic mass is 10.1. The molecule has 1 rings (SSSR count). The Labute approximate surface area is 108 Å². The summed E-state index contributed by atoms with van der Waals surface area (Å²) in [5, 5.41) is 10.7. The van der Waals surface area contributed by atoms with Crippen LogP contribution in [-0.4, -0.2) is 30.4 Å². The number of hydrogen-bond donors (Lipinski definition) is 2. The number of ether oxygens (including phenoxy) is 1. The average Bonchev–Trinajstić information content (AvgIpc) is 2.34. The van der Waals surface area contributed by atoms with Gasteiger partial charge in [-0.05, 0) is 24.6 Å². The van der Waals surface area contributed by atoms with Crippen molar-refractivity contribution in [3.05, 3.63) is 29.8 Å². The van der Waals surface area contributed by atoms with Crippen molar-refractivity contribution in [2.75, 3.05) is 7.11 Å². The topological polar surface area (TPSA) is 58.6 Å². The summed E-state index contributed by atoms with van der Waals surface area (Å²) in [6.45, 7) is 1.09. The van der Waals surface area contributed by atoms with Crippen molar-refractivity contribution in [3.8, 4) is 5.75 Å². The normalized spacial score (nSPS) is 14.6. The van der Waals surface area contributed by atoms with Crippen LogP contribution in [0.25, 0.3) is 0 Å². The number of rotatable bonds is 4. The summed E-state index contributed by atoms with van der Waals surface area (Å²) in [7, 11) is 1.39. The number of amides is 1. The molecule has 0 saturated heterocycles. The number of halogens is 3. The van der Waals surface area contributed by atoms with E-state index < -0.39 is 24.2 Å². The Hall–Kier alpha value is -1.76. The van der Waals surface area contributed by atoms with Crippen molar-refractivity contribution >= 4 is 5.91 Å². The van der Waals surface area contributed by atoms with Crippen LogP contribution in [0.4, 0.5) is 13.2 Å². The van der Waals surface area contributed by atoms with E-state index in [2.05, 4.69) is 0 Å². The minimum atomic E-state index is -4.65. The molecule has 0 fully saturated rings. The van der Waals surface area contributed by atoms with E-state index in [1.165, 1.54) is 31.4 Å². The van der Waals surface area contributed by atoms with E-state index in [1.807, 2.05) is 0 Å². The first-order chi connectivity index (χ1) is 8.75. The fourth-order valence-corrected chi connectivity index (χ4v) is 1.41. The Morgan fingerprint density at radius 2 is 1.84 bits per heavy atom. The lowest BCUT2D eigenvalue weighted by molar-refractivity contribution is -0.165. The third kappa shape index (κ3) is 4.13. The average molecular weight is 277 g/mol. The van der Waals surface area contributed by atoms with Crippen molar-refractivity contribution in [2.45, 2.75) is 25.2 Å². The molecule has 106 valence electrons. The third-order valence-electron chi connectivity index (χ3n) is 2.44. The second kappa shape index (κ2) is 5.92. The number of carbonyl (C=O) groups excluding carboxylic acids is 1. The second-order valence-corrected chi connectivity index (χ2v) is 3.93. The van der Waals surface area contributed by atoms with Crippen molar-refractivity contribution < 1.29 is 27.8 Å². The summed E-state index contributed by atoms with van der Waals surface area (Å²) in [4.78, 5) is 11.2. The summed E-state index contributed by atoms with van der Waals surface area (Å²) in [5.41, 5.74) is -0.137. The van der Waals surface area contributed by atoms with Gasteiger partial charge in [-0.2, -0.15) is 13.2 Å². The van der Waals surface area contributed by atoms with E-state index in [-0.39, 0.29) is 5.56 Å². The summed E-state index contributed by atoms with van der Waals surface area (Å²) in [6, 6.07) is 2.98. The standard InChI is InChI=1S/C12H14F3NO3/c1-7(17)11(18)16-10(12(13,14)15)8-3-5-9(19-2)6-4-8/h3-7,10,17H,1-2H3,(H,16,18)/t7-,10+/m1/s1. The van der Waals surface area contributed by atoms with Gasteiger partial charge in [0.25, 0.3) is 0 Å². The molecule has 1 aromatic carbocycles. The summed E-state index contributed by atoms with van der Waals surface area (Å²) < 4.78 is 43.5. The van der Waals surface area contributed by atoms with Gasteiger partial charge in [-0.15, -0.1) is 0 Å². The lowest BCUT2D eigenvalue weighted by Gasteiger charge is -2.22. The molecule has 0 radical (unpaired) electrons. The Balaban J connectivity index is 2.99. The lowest BCUT2D eigenvalue weighted by Crippen LogP contribution is -2.42. The summed E-state index contributed by atoms with van der Waals surface area (Å²) in [5.74, 6) is -0.676. The van der Waals surface area contributed by atoms with Gasteiger partial charge in [-0.1, -0.05) is 12.1 Å². The predicted molar refractivity (Wildman–Crippen MR) is 61.6 cm³/mol. The number of alkyl halides is 3. The van der Waals surface area contributed by atoms with Gasteiger partial charge in [0.1, 0.15) is 11.9 Å². The highest BCUT2D eigenvalue weighted by Crippen LogP contribution is 2.33. The van der Waals surface area contributed by atoms with E-state index >= 15 is 0 Å². The van der Waals surface area contributed by atoms with Gasteiger partial charge in [0.15, 0.2) is 6.04 Å². The summed E-state index contributed by atoms with van der Waals surface area (Å²) >= 11 is 0. The molecule has 0 aliphatic heterocycles. The summed E-state index contributed by atoms with van der Waals surface area (Å²) in [6.07, 6.45) is -6.16. The maximum absolute atomic E-state index is 12.9. The molecule has 1 amide bonds. The molecule has 19 heavy (non-hydrogen) atoms. The molecule has 2 atom stereocenters. The number of hydrogen-bond acceptors (Lipinski definition) is 3. The third-order valence-corrected chi connectivity index (χ3v) is 2.44. The Kier molecular flexibility index (Phi) is 4.77. The quantitative estimate of drug-likeness (QED) is 0.882. The molecule has 0 bridgehead atoms. The van der Waals surface area contributed by atoms with Gasteiger partial charge in [-0.3, -0.25) is 4.79 Å². The van der Waals surface area contributed by atoms with E-state index in [0.717, 1.165) is 6.92 Å². The van der Waals surface area contributed by atoms with Gasteiger partial charge in [0.05, 0.1) is 7.11 Å². The number of methoxy groups -OCH3 is 1. The zero-order chi connectivity index (χ0) is 14.6. The molecule has 0 aliphatic carbocycles. The van der Waals surface area contributed by atoms with Crippen LogP contribution < -0.4 is 10.1 Å². The first-order valence-corrected chi connectivity index (χ1v) is 5.45. The smallest absolute Gasteiger partial charge is 0.412 e. The first kappa shape index (κ1) is 15.3. The molecule has 1 aromatic rings. The highest BCUT2D eigenvalue weighted by Gasteiger charge is 2.42. The van der Waals surface area contributed by atoms with Crippen molar-refractivity contribution in [3.63, 3.8) is 0 Å². The highest BCUT2D eigenvalue weighted by atomic mass is 19.4. The molecule has 0 spiro atoms. The Bertz CT molecular complexity index is 429. The zero-order valence-corrected chi connectivity index (χ0v) is 10.4. The minimum absolute atomic E-state index is 0.137. The largest absolute Gasteiger partial charge is 0.497 e. The molecule has 7 heteroatoms. The van der Waals surface area contributed by atoms with Gasteiger partial charge < -0.3 is 15.2 Å². The van der Waals surface area contributed by atoms with Crippen LogP contribution in [-0.2, 0) is 4.79 Å². The molecule has 4 nitrogen and oxygen atoms in total. The predicted octanol–water partition coefficient (Wildman–Crippen LogP) is 1.80. The van der Waals surface area contributed by atoms with Gasteiger partial charge in [0.2, 0.25) is 5.91 Å². The van der Waals surface area contributed by atoms with Crippen LogP contribution in [0.5, 0.6) is 5.75 Å². The fourth-order valence-electron chi connectivity index (χ4n) is 1.41. The Morgan fingerprint density at radius 3 is 2.21 bits per heavy atom. The molecule has 0 unspecified atom stereocenters. The number of aliphatic hydroxyl groups is 1. The van der Waals surface area contributed by atoms with E-state index in [4.69, 9.17) is 9.84 Å². The molecule has 0 aromatic heterocycles. The van der Waals surface area contributed by atoms with E-state index in [0.29, 0.717) is 5.75 Å². The fraction of sp³-hybridized carbons (Fsp3) is 0.417. The number of carbonyl (C=O) groups is 1. The van der Waals surface area contributed by atoms with Crippen LogP contribution in [0.2, 0.25) is 0 Å². The van der Waals surface area contributed by atoms with Gasteiger partial charge in [0, 0.05) is 0 Å². The number of aliphatic hydroxyl groups excluding tert-OH is 1. The van der Waals surface area contributed by atoms with Crippen LogP contribution in [0.15, 0.2) is 24.3 Å². The highest BCUT2D eigenvalue weighted by molar-refractivity contribution is 5.80. The maximum atomic E-state index is 12.9. The molecule has 0 saturated carbocycles. The van der Waals surface area contributed by atoms with E-state index in [9.17, 15) is 18.0 Å². The van der Waals surface area contributed by atoms with Crippen molar-refractivity contribution in [1.29, 1.82) is 0 Å². The van der Waals surface area contributed by atoms with Crippen LogP contribution in [0.3, 0.4) is 0 Å². The van der Waals surface area contributed by atoms with E-state index in [1.54, 1.807) is 5.32 Å². The van der Waals surface area contributed by atoms with Crippen LogP contribution in [0, 0.1) is 0 Å². The molecular formula is C12H14F3NO3. The maximum Gasteiger partial charge on any atom is 0.412 e. The molecule has 0 aliphatic rings. The first-order valence-electron chi connectivity index (χ1n) is 5.45. The van der Waals surface area contributed by atoms with Crippen LogP contribution in [0.1, 0.15) is 18.5 Å². The van der Waals surface area contributed by atoms with Crippen molar-refractivity contribution in [2.24, 2.45) is 0 Å². The number of benzene rings is 1.